The summed E-state index contributed by atoms with van der Waals surface area (Å²) in [6.45, 7) is 12.0. The van der Waals surface area contributed by atoms with Gasteiger partial charge in [-0.25, -0.2) is 9.59 Å². The maximum Gasteiger partial charge on any atom is 0.338 e. The van der Waals surface area contributed by atoms with Crippen molar-refractivity contribution in [2.24, 2.45) is 5.73 Å². The third-order valence-corrected chi connectivity index (χ3v) is 6.59. The average molecular weight is 498 g/mol. The fourth-order valence-corrected chi connectivity index (χ4v) is 4.31. The van der Waals surface area contributed by atoms with E-state index in [1.54, 1.807) is 20.8 Å². The van der Waals surface area contributed by atoms with Crippen LogP contribution in [0.5, 0.6) is 0 Å². The fourth-order valence-electron chi connectivity index (χ4n) is 4.31. The molecular formula is C30H59NO4. The van der Waals surface area contributed by atoms with E-state index in [0.717, 1.165) is 57.8 Å². The van der Waals surface area contributed by atoms with Crippen molar-refractivity contribution < 1.29 is 19.1 Å². The van der Waals surface area contributed by atoms with Crippen LogP contribution in [0.1, 0.15) is 164 Å². The molecular weight excluding hydrogens is 438 g/mol. The number of carbonyl (C=O) groups is 2. The summed E-state index contributed by atoms with van der Waals surface area (Å²) in [6, 6.07) is 0. The van der Waals surface area contributed by atoms with Gasteiger partial charge in [0.15, 0.2) is 0 Å². The predicted molar refractivity (Wildman–Crippen MR) is 147 cm³/mol. The molecule has 208 valence electrons. The van der Waals surface area contributed by atoms with Crippen LogP contribution in [0, 0.1) is 0 Å². The van der Waals surface area contributed by atoms with E-state index in [2.05, 4.69) is 20.8 Å². The molecule has 0 aliphatic carbocycles. The number of esters is 2. The number of rotatable bonds is 22. The Bertz CT molecular complexity index is 527. The summed E-state index contributed by atoms with van der Waals surface area (Å²) < 4.78 is 11.6. The Balaban J connectivity index is 5.17. The smallest absolute Gasteiger partial charge is 0.338 e. The minimum absolute atomic E-state index is 0.180. The normalized spacial score (nSPS) is 13.6. The van der Waals surface area contributed by atoms with Crippen LogP contribution in [-0.4, -0.2) is 29.2 Å². The van der Waals surface area contributed by atoms with Crippen molar-refractivity contribution in [1.29, 1.82) is 0 Å². The van der Waals surface area contributed by atoms with Crippen molar-refractivity contribution in [2.75, 3.05) is 0 Å². The van der Waals surface area contributed by atoms with Crippen LogP contribution in [0.4, 0.5) is 0 Å². The van der Waals surface area contributed by atoms with Gasteiger partial charge < -0.3 is 15.2 Å². The first-order valence-corrected chi connectivity index (χ1v) is 14.8. The van der Waals surface area contributed by atoms with E-state index in [4.69, 9.17) is 15.2 Å². The SMILES string of the molecule is CCCCCCCCC(CCCCCCCC)OC(=O)C(N)(CCCCCC)C(=O)OC(C)(C)C. The van der Waals surface area contributed by atoms with Gasteiger partial charge in [0.25, 0.3) is 0 Å². The highest BCUT2D eigenvalue weighted by atomic mass is 16.6. The van der Waals surface area contributed by atoms with Gasteiger partial charge in [-0.15, -0.1) is 0 Å². The maximum absolute atomic E-state index is 13.4. The molecule has 0 aromatic carbocycles. The molecule has 0 saturated carbocycles. The van der Waals surface area contributed by atoms with Crippen LogP contribution in [0.15, 0.2) is 0 Å². The zero-order valence-electron chi connectivity index (χ0n) is 24.2. The lowest BCUT2D eigenvalue weighted by Gasteiger charge is -2.31. The number of nitrogens with two attached hydrogens (primary N) is 1. The second kappa shape index (κ2) is 20.0. The highest BCUT2D eigenvalue weighted by Crippen LogP contribution is 2.24. The van der Waals surface area contributed by atoms with E-state index in [0.29, 0.717) is 6.42 Å². The summed E-state index contributed by atoms with van der Waals surface area (Å²) in [6.07, 6.45) is 19.9. The van der Waals surface area contributed by atoms with Crippen LogP contribution in [-0.2, 0) is 19.1 Å². The summed E-state index contributed by atoms with van der Waals surface area (Å²) in [5.41, 5.74) is 4.05. The number of hydrogen-bond acceptors (Lipinski definition) is 5. The summed E-state index contributed by atoms with van der Waals surface area (Å²) >= 11 is 0. The van der Waals surface area contributed by atoms with E-state index in [1.807, 2.05) is 0 Å². The molecule has 0 aliphatic rings. The van der Waals surface area contributed by atoms with Gasteiger partial charge >= 0.3 is 11.9 Å². The van der Waals surface area contributed by atoms with Crippen molar-refractivity contribution in [2.45, 2.75) is 181 Å². The van der Waals surface area contributed by atoms with Crippen LogP contribution in [0.25, 0.3) is 0 Å². The molecule has 0 spiro atoms. The Morgan fingerprint density at radius 2 is 1.03 bits per heavy atom. The number of hydrogen-bond donors (Lipinski definition) is 1. The summed E-state index contributed by atoms with van der Waals surface area (Å²) in [5, 5.41) is 0. The molecule has 0 radical (unpaired) electrons. The Morgan fingerprint density at radius 3 is 1.46 bits per heavy atom. The van der Waals surface area contributed by atoms with Crippen molar-refractivity contribution in [3.63, 3.8) is 0 Å². The van der Waals surface area contributed by atoms with Crippen molar-refractivity contribution in [3.05, 3.63) is 0 Å². The van der Waals surface area contributed by atoms with Gasteiger partial charge in [0.05, 0.1) is 0 Å². The summed E-state index contributed by atoms with van der Waals surface area (Å²) in [4.78, 5) is 26.4. The summed E-state index contributed by atoms with van der Waals surface area (Å²) in [5.74, 6) is -1.27. The lowest BCUT2D eigenvalue weighted by molar-refractivity contribution is -0.175. The van der Waals surface area contributed by atoms with Gasteiger partial charge in [-0.3, -0.25) is 0 Å². The molecule has 5 heteroatoms. The molecule has 0 aliphatic heterocycles. The van der Waals surface area contributed by atoms with Crippen molar-refractivity contribution in [3.8, 4) is 0 Å². The molecule has 0 aromatic heterocycles. The van der Waals surface area contributed by atoms with Gasteiger partial charge in [-0.05, 0) is 52.9 Å². The highest BCUT2D eigenvalue weighted by Gasteiger charge is 2.46. The van der Waals surface area contributed by atoms with E-state index in [9.17, 15) is 9.59 Å². The van der Waals surface area contributed by atoms with E-state index in [-0.39, 0.29) is 12.5 Å². The number of ether oxygens (including phenoxy) is 2. The zero-order chi connectivity index (χ0) is 26.6. The van der Waals surface area contributed by atoms with Crippen LogP contribution >= 0.6 is 0 Å². The second-order valence-electron chi connectivity index (χ2n) is 11.4. The van der Waals surface area contributed by atoms with Gasteiger partial charge in [-0.1, -0.05) is 111 Å². The second-order valence-corrected chi connectivity index (χ2v) is 11.4. The molecule has 0 amide bonds. The zero-order valence-corrected chi connectivity index (χ0v) is 24.2. The van der Waals surface area contributed by atoms with Gasteiger partial charge in [-0.2, -0.15) is 0 Å². The van der Waals surface area contributed by atoms with E-state index < -0.39 is 23.1 Å². The standard InChI is InChI=1S/C30H59NO4/c1-7-10-13-16-18-20-23-26(24-21-19-17-14-11-8-2)34-27(32)30(31,25-22-15-12-9-3)28(33)35-29(4,5)6/h26H,7-25,31H2,1-6H3. The van der Waals surface area contributed by atoms with Crippen molar-refractivity contribution in [1.82, 2.24) is 0 Å². The molecule has 35 heavy (non-hydrogen) atoms. The molecule has 0 bridgehead atoms. The van der Waals surface area contributed by atoms with Crippen LogP contribution in [0.2, 0.25) is 0 Å². The molecule has 0 rings (SSSR count). The minimum atomic E-state index is -1.73. The lowest BCUT2D eigenvalue weighted by Crippen LogP contribution is -2.58. The topological polar surface area (TPSA) is 78.6 Å². The molecule has 1 unspecified atom stereocenters. The molecule has 0 fully saturated rings. The monoisotopic (exact) mass is 497 g/mol. The van der Waals surface area contributed by atoms with Gasteiger partial charge in [0.2, 0.25) is 5.54 Å². The fraction of sp³-hybridized carbons (Fsp3) is 0.933. The maximum atomic E-state index is 13.4. The molecule has 0 saturated heterocycles. The molecule has 0 aromatic rings. The highest BCUT2D eigenvalue weighted by molar-refractivity contribution is 6.04. The first kappa shape index (κ1) is 33.9. The predicted octanol–water partition coefficient (Wildman–Crippen LogP) is 8.41. The molecule has 2 N–H and O–H groups in total. The third kappa shape index (κ3) is 17.1. The Labute approximate surface area is 217 Å². The average Bonchev–Trinajstić information content (AvgIpc) is 2.79. The summed E-state index contributed by atoms with van der Waals surface area (Å²) in [7, 11) is 0. The Kier molecular flexibility index (Phi) is 19.4. The van der Waals surface area contributed by atoms with Crippen molar-refractivity contribution >= 4 is 11.9 Å². The molecule has 1 atom stereocenters. The lowest BCUT2D eigenvalue weighted by atomic mass is 9.92. The van der Waals surface area contributed by atoms with Crippen LogP contribution in [0.3, 0.4) is 0 Å². The van der Waals surface area contributed by atoms with Gasteiger partial charge in [0, 0.05) is 0 Å². The first-order chi connectivity index (χ1) is 16.6. The van der Waals surface area contributed by atoms with E-state index >= 15 is 0 Å². The third-order valence-electron chi connectivity index (χ3n) is 6.59. The number of carbonyl (C=O) groups excluding carboxylic acids is 2. The van der Waals surface area contributed by atoms with Gasteiger partial charge in [0.1, 0.15) is 11.7 Å². The number of unbranched alkanes of at least 4 members (excludes halogenated alkanes) is 13. The molecule has 5 nitrogen and oxygen atoms in total. The Morgan fingerprint density at radius 1 is 0.629 bits per heavy atom. The van der Waals surface area contributed by atoms with Crippen LogP contribution < -0.4 is 5.73 Å². The first-order valence-electron chi connectivity index (χ1n) is 14.8. The van der Waals surface area contributed by atoms with E-state index in [1.165, 1.54) is 51.4 Å². The minimum Gasteiger partial charge on any atom is -0.461 e. The molecule has 0 heterocycles. The largest absolute Gasteiger partial charge is 0.461 e. The quantitative estimate of drug-likeness (QED) is 0.0922. The Hall–Kier alpha value is -1.10.